The van der Waals surface area contributed by atoms with Gasteiger partial charge in [-0.1, -0.05) is 32.1 Å². The van der Waals surface area contributed by atoms with E-state index in [1.807, 2.05) is 17.8 Å². The fourth-order valence-corrected chi connectivity index (χ4v) is 3.98. The zero-order valence-corrected chi connectivity index (χ0v) is 14.9. The standard InChI is InChI=1S/C19H31N3O2/c1-15-18(14-22(21-15)17-10-12-24-13-11-17)20-19(23)9-5-8-16-6-3-2-4-7-16/h14,16-17H,2-13H2,1H3,(H,20,23). The highest BCUT2D eigenvalue weighted by Gasteiger charge is 2.19. The molecule has 2 aliphatic rings. The van der Waals surface area contributed by atoms with Gasteiger partial charge in [0.15, 0.2) is 0 Å². The van der Waals surface area contributed by atoms with Gasteiger partial charge >= 0.3 is 0 Å². The Hall–Kier alpha value is -1.36. The van der Waals surface area contributed by atoms with Crippen LogP contribution in [0.25, 0.3) is 0 Å². The first-order valence-electron chi connectivity index (χ1n) is 9.65. The Morgan fingerprint density at radius 3 is 2.75 bits per heavy atom. The van der Waals surface area contributed by atoms with Gasteiger partial charge in [-0.2, -0.15) is 5.10 Å². The van der Waals surface area contributed by atoms with E-state index < -0.39 is 0 Å². The first-order valence-corrected chi connectivity index (χ1v) is 9.65. The lowest BCUT2D eigenvalue weighted by Crippen LogP contribution is -2.20. The molecule has 1 N–H and O–H groups in total. The average molecular weight is 333 g/mol. The normalized spacial score (nSPS) is 20.2. The Labute approximate surface area is 145 Å². The lowest BCUT2D eigenvalue weighted by Gasteiger charge is -2.22. The summed E-state index contributed by atoms with van der Waals surface area (Å²) in [5, 5.41) is 7.64. The van der Waals surface area contributed by atoms with Crippen molar-refractivity contribution in [2.45, 2.75) is 77.2 Å². The molecule has 1 aromatic rings. The molecule has 5 nitrogen and oxygen atoms in total. The molecule has 0 atom stereocenters. The van der Waals surface area contributed by atoms with E-state index in [0.29, 0.717) is 12.5 Å². The van der Waals surface area contributed by atoms with Crippen molar-refractivity contribution in [1.29, 1.82) is 0 Å². The van der Waals surface area contributed by atoms with Gasteiger partial charge in [0.2, 0.25) is 5.91 Å². The van der Waals surface area contributed by atoms with Crippen LogP contribution in [0.15, 0.2) is 6.20 Å². The number of carbonyl (C=O) groups is 1. The summed E-state index contributed by atoms with van der Waals surface area (Å²) in [4.78, 5) is 12.2. The van der Waals surface area contributed by atoms with Gasteiger partial charge in [-0.3, -0.25) is 9.48 Å². The molecule has 1 aliphatic heterocycles. The minimum Gasteiger partial charge on any atom is -0.381 e. The molecule has 0 radical (unpaired) electrons. The van der Waals surface area contributed by atoms with Crippen molar-refractivity contribution in [2.24, 2.45) is 5.92 Å². The summed E-state index contributed by atoms with van der Waals surface area (Å²) in [7, 11) is 0. The van der Waals surface area contributed by atoms with Gasteiger partial charge in [-0.05, 0) is 38.5 Å². The quantitative estimate of drug-likeness (QED) is 0.847. The second kappa shape index (κ2) is 8.65. The minimum atomic E-state index is 0.125. The summed E-state index contributed by atoms with van der Waals surface area (Å²) in [6.45, 7) is 3.56. The predicted molar refractivity (Wildman–Crippen MR) is 95.1 cm³/mol. The maximum Gasteiger partial charge on any atom is 0.224 e. The zero-order valence-electron chi connectivity index (χ0n) is 14.9. The molecule has 1 aromatic heterocycles. The number of carbonyl (C=O) groups excluding carboxylic acids is 1. The van der Waals surface area contributed by atoms with Crippen LogP contribution in [-0.4, -0.2) is 28.9 Å². The SMILES string of the molecule is Cc1nn(C2CCOCC2)cc1NC(=O)CCCC1CCCCC1. The van der Waals surface area contributed by atoms with Crippen LogP contribution in [0.1, 0.15) is 75.9 Å². The molecule has 24 heavy (non-hydrogen) atoms. The molecular formula is C19H31N3O2. The fraction of sp³-hybridized carbons (Fsp3) is 0.789. The Morgan fingerprint density at radius 1 is 1.25 bits per heavy atom. The summed E-state index contributed by atoms with van der Waals surface area (Å²) in [6, 6.07) is 0.398. The molecule has 2 heterocycles. The van der Waals surface area contributed by atoms with Crippen molar-refractivity contribution in [3.8, 4) is 0 Å². The molecule has 1 saturated carbocycles. The number of nitrogens with one attached hydrogen (secondary N) is 1. The molecule has 1 aliphatic carbocycles. The lowest BCUT2D eigenvalue weighted by atomic mass is 9.86. The summed E-state index contributed by atoms with van der Waals surface area (Å²) < 4.78 is 7.42. The van der Waals surface area contributed by atoms with E-state index in [4.69, 9.17) is 4.74 Å². The van der Waals surface area contributed by atoms with Gasteiger partial charge in [-0.25, -0.2) is 0 Å². The van der Waals surface area contributed by atoms with E-state index in [0.717, 1.165) is 49.8 Å². The van der Waals surface area contributed by atoms with Crippen LogP contribution in [0.2, 0.25) is 0 Å². The zero-order chi connectivity index (χ0) is 16.8. The molecule has 1 amide bonds. The van der Waals surface area contributed by atoms with Crippen molar-refractivity contribution in [3.63, 3.8) is 0 Å². The molecular weight excluding hydrogens is 302 g/mol. The topological polar surface area (TPSA) is 56.1 Å². The van der Waals surface area contributed by atoms with Gasteiger partial charge in [-0.15, -0.1) is 0 Å². The number of anilines is 1. The van der Waals surface area contributed by atoms with Crippen LogP contribution in [0.3, 0.4) is 0 Å². The fourth-order valence-electron chi connectivity index (χ4n) is 3.98. The van der Waals surface area contributed by atoms with Crippen molar-refractivity contribution >= 4 is 11.6 Å². The number of ether oxygens (including phenoxy) is 1. The van der Waals surface area contributed by atoms with Gasteiger partial charge in [0.1, 0.15) is 0 Å². The number of hydrogen-bond acceptors (Lipinski definition) is 3. The van der Waals surface area contributed by atoms with Crippen LogP contribution in [0, 0.1) is 12.8 Å². The molecule has 134 valence electrons. The lowest BCUT2D eigenvalue weighted by molar-refractivity contribution is -0.116. The number of aryl methyl sites for hydroxylation is 1. The highest BCUT2D eigenvalue weighted by molar-refractivity contribution is 5.91. The summed E-state index contributed by atoms with van der Waals surface area (Å²) in [6.07, 6.45) is 13.7. The number of hydrogen-bond donors (Lipinski definition) is 1. The van der Waals surface area contributed by atoms with E-state index in [2.05, 4.69) is 10.4 Å². The maximum absolute atomic E-state index is 12.2. The van der Waals surface area contributed by atoms with Gasteiger partial charge in [0.05, 0.1) is 17.4 Å². The monoisotopic (exact) mass is 333 g/mol. The van der Waals surface area contributed by atoms with Gasteiger partial charge in [0.25, 0.3) is 0 Å². The molecule has 0 unspecified atom stereocenters. The summed E-state index contributed by atoms with van der Waals surface area (Å²) in [5.74, 6) is 0.977. The Balaban J connectivity index is 1.44. The highest BCUT2D eigenvalue weighted by Crippen LogP contribution is 2.28. The predicted octanol–water partition coefficient (Wildman–Crippen LogP) is 4.23. The number of rotatable bonds is 6. The summed E-state index contributed by atoms with van der Waals surface area (Å²) >= 11 is 0. The molecule has 1 saturated heterocycles. The molecule has 3 rings (SSSR count). The van der Waals surface area contributed by atoms with Crippen LogP contribution < -0.4 is 5.32 Å². The Morgan fingerprint density at radius 2 is 2.00 bits per heavy atom. The van der Waals surface area contributed by atoms with E-state index in [1.165, 1.54) is 38.5 Å². The number of amides is 1. The van der Waals surface area contributed by atoms with E-state index in [-0.39, 0.29) is 5.91 Å². The third-order valence-corrected chi connectivity index (χ3v) is 5.50. The molecule has 5 heteroatoms. The third kappa shape index (κ3) is 4.82. The minimum absolute atomic E-state index is 0.125. The number of nitrogens with zero attached hydrogens (tertiary/aromatic N) is 2. The van der Waals surface area contributed by atoms with Crippen LogP contribution in [0.5, 0.6) is 0 Å². The second-order valence-corrected chi connectivity index (χ2v) is 7.40. The second-order valence-electron chi connectivity index (χ2n) is 7.40. The van der Waals surface area contributed by atoms with Crippen LogP contribution >= 0.6 is 0 Å². The first kappa shape index (κ1) is 17.5. The molecule has 0 aromatic carbocycles. The van der Waals surface area contributed by atoms with Crippen molar-refractivity contribution in [3.05, 3.63) is 11.9 Å². The number of aromatic nitrogens is 2. The van der Waals surface area contributed by atoms with Crippen molar-refractivity contribution < 1.29 is 9.53 Å². The van der Waals surface area contributed by atoms with E-state index in [1.54, 1.807) is 0 Å². The Bertz CT molecular complexity index is 529. The van der Waals surface area contributed by atoms with Crippen molar-refractivity contribution in [1.82, 2.24) is 9.78 Å². The Kier molecular flexibility index (Phi) is 6.30. The third-order valence-electron chi connectivity index (χ3n) is 5.50. The van der Waals surface area contributed by atoms with Gasteiger partial charge < -0.3 is 10.1 Å². The van der Waals surface area contributed by atoms with E-state index >= 15 is 0 Å². The summed E-state index contributed by atoms with van der Waals surface area (Å²) in [5.41, 5.74) is 1.77. The van der Waals surface area contributed by atoms with Crippen LogP contribution in [-0.2, 0) is 9.53 Å². The molecule has 2 fully saturated rings. The first-order chi connectivity index (χ1) is 11.7. The molecule has 0 spiro atoms. The highest BCUT2D eigenvalue weighted by atomic mass is 16.5. The van der Waals surface area contributed by atoms with Gasteiger partial charge in [0, 0.05) is 25.8 Å². The molecule has 0 bridgehead atoms. The van der Waals surface area contributed by atoms with Crippen molar-refractivity contribution in [2.75, 3.05) is 18.5 Å². The smallest absolute Gasteiger partial charge is 0.224 e. The van der Waals surface area contributed by atoms with E-state index in [9.17, 15) is 4.79 Å². The maximum atomic E-state index is 12.2. The van der Waals surface area contributed by atoms with Crippen LogP contribution in [0.4, 0.5) is 5.69 Å². The largest absolute Gasteiger partial charge is 0.381 e. The average Bonchev–Trinajstić information content (AvgIpc) is 2.97.